The number of aromatic amines is 1. The minimum atomic E-state index is -0.0975. The lowest BCUT2D eigenvalue weighted by molar-refractivity contribution is -0.0384. The SMILES string of the molecule is CCn1nc(-c2ccnn2C2CCCCO2)c2[nH]c(N3CCOCC3C)cc(=O)c21. The summed E-state index contributed by atoms with van der Waals surface area (Å²) in [6, 6.07) is 3.82. The molecule has 5 heterocycles. The van der Waals surface area contributed by atoms with Crippen LogP contribution in [0.5, 0.6) is 0 Å². The zero-order valence-corrected chi connectivity index (χ0v) is 17.5. The largest absolute Gasteiger partial charge is 0.377 e. The molecule has 2 unspecified atom stereocenters. The molecule has 3 aromatic rings. The molecule has 2 aliphatic rings. The first-order chi connectivity index (χ1) is 14.7. The van der Waals surface area contributed by atoms with Crippen molar-refractivity contribution in [3.63, 3.8) is 0 Å². The number of anilines is 1. The summed E-state index contributed by atoms with van der Waals surface area (Å²) in [5.41, 5.74) is 2.91. The molecule has 9 heteroatoms. The summed E-state index contributed by atoms with van der Waals surface area (Å²) < 4.78 is 15.2. The normalized spacial score (nSPS) is 22.7. The van der Waals surface area contributed by atoms with E-state index >= 15 is 0 Å². The monoisotopic (exact) mass is 412 g/mol. The van der Waals surface area contributed by atoms with Crippen LogP contribution in [0.2, 0.25) is 0 Å². The van der Waals surface area contributed by atoms with Gasteiger partial charge in [-0.25, -0.2) is 4.68 Å². The molecule has 0 spiro atoms. The van der Waals surface area contributed by atoms with E-state index in [-0.39, 0.29) is 17.7 Å². The maximum Gasteiger partial charge on any atom is 0.209 e. The molecule has 0 bridgehead atoms. The lowest BCUT2D eigenvalue weighted by Crippen LogP contribution is -2.44. The first kappa shape index (κ1) is 19.3. The van der Waals surface area contributed by atoms with Gasteiger partial charge < -0.3 is 19.4 Å². The second-order valence-electron chi connectivity index (χ2n) is 8.01. The number of morpholine rings is 1. The number of aryl methyl sites for hydroxylation is 1. The van der Waals surface area contributed by atoms with Gasteiger partial charge in [-0.15, -0.1) is 0 Å². The number of ether oxygens (including phenoxy) is 2. The van der Waals surface area contributed by atoms with Gasteiger partial charge in [-0.3, -0.25) is 9.48 Å². The molecule has 0 saturated carbocycles. The molecule has 30 heavy (non-hydrogen) atoms. The van der Waals surface area contributed by atoms with Crippen molar-refractivity contribution < 1.29 is 9.47 Å². The van der Waals surface area contributed by atoms with E-state index in [1.165, 1.54) is 0 Å². The van der Waals surface area contributed by atoms with Crippen molar-refractivity contribution in [3.8, 4) is 11.4 Å². The van der Waals surface area contributed by atoms with Gasteiger partial charge in [0.05, 0.1) is 30.5 Å². The van der Waals surface area contributed by atoms with Crippen molar-refractivity contribution in [1.82, 2.24) is 24.5 Å². The Morgan fingerprint density at radius 3 is 2.97 bits per heavy atom. The van der Waals surface area contributed by atoms with Crippen molar-refractivity contribution >= 4 is 16.9 Å². The number of H-pyrrole nitrogens is 1. The van der Waals surface area contributed by atoms with Crippen molar-refractivity contribution in [2.24, 2.45) is 0 Å². The lowest BCUT2D eigenvalue weighted by Gasteiger charge is -2.34. The Kier molecular flexibility index (Phi) is 5.08. The Balaban J connectivity index is 1.66. The molecule has 0 aromatic carbocycles. The van der Waals surface area contributed by atoms with Gasteiger partial charge in [0.1, 0.15) is 17.0 Å². The highest BCUT2D eigenvalue weighted by molar-refractivity contribution is 5.90. The molecule has 2 aliphatic heterocycles. The van der Waals surface area contributed by atoms with Crippen molar-refractivity contribution in [2.45, 2.75) is 51.9 Å². The number of hydrogen-bond donors (Lipinski definition) is 1. The number of nitrogens with zero attached hydrogens (tertiary/aromatic N) is 5. The van der Waals surface area contributed by atoms with E-state index in [9.17, 15) is 4.79 Å². The van der Waals surface area contributed by atoms with Gasteiger partial charge in [0.2, 0.25) is 5.43 Å². The third kappa shape index (κ3) is 3.22. The quantitative estimate of drug-likeness (QED) is 0.708. The van der Waals surface area contributed by atoms with Gasteiger partial charge in [0.15, 0.2) is 6.23 Å². The average molecular weight is 412 g/mol. The maximum absolute atomic E-state index is 13.1. The summed E-state index contributed by atoms with van der Waals surface area (Å²) in [6.07, 6.45) is 4.79. The molecule has 5 rings (SSSR count). The highest BCUT2D eigenvalue weighted by atomic mass is 16.5. The Morgan fingerprint density at radius 1 is 1.30 bits per heavy atom. The van der Waals surface area contributed by atoms with Crippen LogP contribution in [-0.4, -0.2) is 57.0 Å². The first-order valence-electron chi connectivity index (χ1n) is 10.8. The minimum Gasteiger partial charge on any atom is -0.377 e. The molecular weight excluding hydrogens is 384 g/mol. The van der Waals surface area contributed by atoms with Crippen molar-refractivity contribution in [2.75, 3.05) is 31.3 Å². The molecule has 0 amide bonds. The number of hydrogen-bond acceptors (Lipinski definition) is 6. The average Bonchev–Trinajstić information content (AvgIpc) is 3.39. The standard InChI is InChI=1S/C21H28N6O3/c1-3-26-21-16(28)12-17(25-9-11-29-13-14(25)2)23-20(21)19(24-26)15-7-8-22-27(15)18-6-4-5-10-30-18/h7-8,12,14,18H,3-6,9-11,13H2,1-2H3,(H,23,28). The Morgan fingerprint density at radius 2 is 2.20 bits per heavy atom. The van der Waals surface area contributed by atoms with Gasteiger partial charge in [0.25, 0.3) is 0 Å². The van der Waals surface area contributed by atoms with E-state index in [4.69, 9.17) is 14.6 Å². The molecular formula is C21H28N6O3. The molecule has 2 saturated heterocycles. The van der Waals surface area contributed by atoms with Gasteiger partial charge in [-0.2, -0.15) is 10.2 Å². The van der Waals surface area contributed by atoms with Gasteiger partial charge in [0, 0.05) is 32.0 Å². The van der Waals surface area contributed by atoms with Crippen molar-refractivity contribution in [1.29, 1.82) is 0 Å². The fourth-order valence-corrected chi connectivity index (χ4v) is 4.48. The maximum atomic E-state index is 13.1. The fourth-order valence-electron chi connectivity index (χ4n) is 4.48. The predicted octanol–water partition coefficient (Wildman–Crippen LogP) is 2.53. The lowest BCUT2D eigenvalue weighted by atomic mass is 10.1. The zero-order chi connectivity index (χ0) is 20.7. The van der Waals surface area contributed by atoms with Crippen LogP contribution in [0.1, 0.15) is 39.3 Å². The van der Waals surface area contributed by atoms with Crippen LogP contribution >= 0.6 is 0 Å². The molecule has 160 valence electrons. The summed E-state index contributed by atoms with van der Waals surface area (Å²) in [5, 5.41) is 9.33. The number of aromatic nitrogens is 5. The van der Waals surface area contributed by atoms with E-state index in [0.29, 0.717) is 25.3 Å². The molecule has 1 N–H and O–H groups in total. The van der Waals surface area contributed by atoms with Crippen LogP contribution in [0.4, 0.5) is 5.82 Å². The molecule has 9 nitrogen and oxygen atoms in total. The fraction of sp³-hybridized carbons (Fsp3) is 0.571. The van der Waals surface area contributed by atoms with Crippen molar-refractivity contribution in [3.05, 3.63) is 28.6 Å². The Hall–Kier alpha value is -2.65. The first-order valence-corrected chi connectivity index (χ1v) is 10.8. The number of pyridine rings is 1. The Bertz CT molecular complexity index is 1090. The predicted molar refractivity (Wildman–Crippen MR) is 114 cm³/mol. The van der Waals surface area contributed by atoms with E-state index in [1.54, 1.807) is 16.9 Å². The third-order valence-corrected chi connectivity index (χ3v) is 6.02. The topological polar surface area (TPSA) is 90.2 Å². The summed E-state index contributed by atoms with van der Waals surface area (Å²) in [6.45, 7) is 7.49. The molecule has 3 aromatic heterocycles. The highest BCUT2D eigenvalue weighted by Crippen LogP contribution is 2.31. The smallest absolute Gasteiger partial charge is 0.209 e. The number of rotatable bonds is 4. The van der Waals surface area contributed by atoms with E-state index < -0.39 is 0 Å². The van der Waals surface area contributed by atoms with Gasteiger partial charge in [-0.05, 0) is 39.2 Å². The second kappa shape index (κ2) is 7.88. The van der Waals surface area contributed by atoms with E-state index in [2.05, 4.69) is 21.9 Å². The van der Waals surface area contributed by atoms with E-state index in [0.717, 1.165) is 55.1 Å². The van der Waals surface area contributed by atoms with Crippen LogP contribution in [0.3, 0.4) is 0 Å². The number of nitrogens with one attached hydrogen (secondary N) is 1. The molecule has 2 fully saturated rings. The summed E-state index contributed by atoms with van der Waals surface area (Å²) >= 11 is 0. The second-order valence-corrected chi connectivity index (χ2v) is 8.01. The van der Waals surface area contributed by atoms with Crippen LogP contribution in [0.15, 0.2) is 23.1 Å². The van der Waals surface area contributed by atoms with E-state index in [1.807, 2.05) is 17.7 Å². The molecule has 0 aliphatic carbocycles. The van der Waals surface area contributed by atoms with Gasteiger partial charge in [-0.1, -0.05) is 0 Å². The van der Waals surface area contributed by atoms with Crippen LogP contribution in [-0.2, 0) is 16.0 Å². The summed E-state index contributed by atoms with van der Waals surface area (Å²) in [7, 11) is 0. The number of fused-ring (bicyclic) bond motifs is 1. The summed E-state index contributed by atoms with van der Waals surface area (Å²) in [4.78, 5) is 18.8. The third-order valence-electron chi connectivity index (χ3n) is 6.02. The van der Waals surface area contributed by atoms with Crippen LogP contribution in [0, 0.1) is 0 Å². The molecule has 0 radical (unpaired) electrons. The zero-order valence-electron chi connectivity index (χ0n) is 17.5. The molecule has 2 atom stereocenters. The Labute approximate surface area is 174 Å². The van der Waals surface area contributed by atoms with Gasteiger partial charge >= 0.3 is 0 Å². The summed E-state index contributed by atoms with van der Waals surface area (Å²) in [5.74, 6) is 0.806. The van der Waals surface area contributed by atoms with Crippen LogP contribution < -0.4 is 10.3 Å². The van der Waals surface area contributed by atoms with Crippen LogP contribution in [0.25, 0.3) is 22.4 Å². The minimum absolute atomic E-state index is 0.0296. The highest BCUT2D eigenvalue weighted by Gasteiger charge is 2.26.